The molecule has 1 unspecified atom stereocenters. The standard InChI is InChI=1S/C20H30O3/c1-3-10-18(16-21-15-17-11-6-5-7-12-17)19(4-2)23-20-13-8-9-14-22-20/h3,5-7,11-12,18-20H,1,4,8-10,13-16H2,2H3/t18-,19+,20?/m0/s1. The van der Waals surface area contributed by atoms with Crippen LogP contribution in [-0.2, 0) is 20.8 Å². The maximum absolute atomic E-state index is 6.21. The highest BCUT2D eigenvalue weighted by molar-refractivity contribution is 5.13. The van der Waals surface area contributed by atoms with Crippen molar-refractivity contribution in [2.75, 3.05) is 13.2 Å². The molecule has 0 radical (unpaired) electrons. The number of hydrogen-bond acceptors (Lipinski definition) is 3. The minimum absolute atomic E-state index is 0.0462. The molecule has 23 heavy (non-hydrogen) atoms. The SMILES string of the molecule is C=CC[C@@H](COCc1ccccc1)[C@@H](CC)OC1CCCCO1. The van der Waals surface area contributed by atoms with Crippen molar-refractivity contribution in [2.24, 2.45) is 5.92 Å². The molecule has 128 valence electrons. The van der Waals surface area contributed by atoms with Crippen molar-refractivity contribution in [3.63, 3.8) is 0 Å². The second-order valence-electron chi connectivity index (χ2n) is 6.16. The first-order chi connectivity index (χ1) is 11.3. The zero-order valence-electron chi connectivity index (χ0n) is 14.3. The van der Waals surface area contributed by atoms with Crippen molar-refractivity contribution in [1.82, 2.24) is 0 Å². The summed E-state index contributed by atoms with van der Waals surface area (Å²) in [5.74, 6) is 0.326. The van der Waals surface area contributed by atoms with E-state index in [0.717, 1.165) is 32.3 Å². The average molecular weight is 318 g/mol. The van der Waals surface area contributed by atoms with Gasteiger partial charge in [-0.1, -0.05) is 43.3 Å². The highest BCUT2D eigenvalue weighted by Crippen LogP contribution is 2.23. The van der Waals surface area contributed by atoms with Crippen LogP contribution in [0.25, 0.3) is 0 Å². The number of allylic oxidation sites excluding steroid dienone is 1. The quantitative estimate of drug-likeness (QED) is 0.584. The van der Waals surface area contributed by atoms with E-state index >= 15 is 0 Å². The Hall–Kier alpha value is -1.16. The van der Waals surface area contributed by atoms with Gasteiger partial charge in [0.1, 0.15) is 0 Å². The fraction of sp³-hybridized carbons (Fsp3) is 0.600. The second kappa shape index (κ2) is 10.6. The first kappa shape index (κ1) is 18.2. The lowest BCUT2D eigenvalue weighted by molar-refractivity contribution is -0.202. The minimum atomic E-state index is -0.0462. The van der Waals surface area contributed by atoms with Crippen molar-refractivity contribution in [1.29, 1.82) is 0 Å². The predicted molar refractivity (Wildman–Crippen MR) is 93.2 cm³/mol. The van der Waals surface area contributed by atoms with E-state index in [0.29, 0.717) is 19.1 Å². The Kier molecular flexibility index (Phi) is 8.37. The molecule has 0 aliphatic carbocycles. The molecule has 1 saturated heterocycles. The summed E-state index contributed by atoms with van der Waals surface area (Å²) in [6.07, 6.45) is 7.28. The highest BCUT2D eigenvalue weighted by Gasteiger charge is 2.25. The lowest BCUT2D eigenvalue weighted by Gasteiger charge is -2.31. The molecule has 3 nitrogen and oxygen atoms in total. The largest absolute Gasteiger partial charge is 0.376 e. The molecule has 3 heteroatoms. The number of ether oxygens (including phenoxy) is 3. The van der Waals surface area contributed by atoms with Gasteiger partial charge in [-0.15, -0.1) is 6.58 Å². The predicted octanol–water partition coefficient (Wildman–Crippen LogP) is 4.72. The smallest absolute Gasteiger partial charge is 0.157 e. The molecular weight excluding hydrogens is 288 g/mol. The van der Waals surface area contributed by atoms with Gasteiger partial charge in [-0.05, 0) is 37.7 Å². The van der Waals surface area contributed by atoms with E-state index < -0.39 is 0 Å². The van der Waals surface area contributed by atoms with Crippen LogP contribution in [0.15, 0.2) is 43.0 Å². The van der Waals surface area contributed by atoms with Gasteiger partial charge in [-0.2, -0.15) is 0 Å². The third-order valence-corrected chi connectivity index (χ3v) is 4.31. The Morgan fingerprint density at radius 1 is 1.30 bits per heavy atom. The number of benzene rings is 1. The van der Waals surface area contributed by atoms with Crippen molar-refractivity contribution in [3.8, 4) is 0 Å². The van der Waals surface area contributed by atoms with Crippen LogP contribution in [0.3, 0.4) is 0 Å². The van der Waals surface area contributed by atoms with Crippen LogP contribution in [0.5, 0.6) is 0 Å². The molecule has 2 rings (SSSR count). The molecular formula is C20H30O3. The van der Waals surface area contributed by atoms with Crippen LogP contribution >= 0.6 is 0 Å². The summed E-state index contributed by atoms with van der Waals surface area (Å²) in [6.45, 7) is 8.20. The zero-order chi connectivity index (χ0) is 16.3. The second-order valence-corrected chi connectivity index (χ2v) is 6.16. The molecule has 3 atom stereocenters. The summed E-state index contributed by atoms with van der Waals surface area (Å²) >= 11 is 0. The molecule has 0 aromatic heterocycles. The summed E-state index contributed by atoms with van der Waals surface area (Å²) in [4.78, 5) is 0. The lowest BCUT2D eigenvalue weighted by atomic mass is 9.97. The summed E-state index contributed by atoms with van der Waals surface area (Å²) in [5, 5.41) is 0. The van der Waals surface area contributed by atoms with Crippen LogP contribution < -0.4 is 0 Å². The third kappa shape index (κ3) is 6.46. The van der Waals surface area contributed by atoms with Gasteiger partial charge in [0.2, 0.25) is 0 Å². The van der Waals surface area contributed by atoms with Gasteiger partial charge in [-0.3, -0.25) is 0 Å². The van der Waals surface area contributed by atoms with Gasteiger partial charge >= 0.3 is 0 Å². The summed E-state index contributed by atoms with van der Waals surface area (Å²) in [6, 6.07) is 10.3. The molecule has 1 aliphatic heterocycles. The minimum Gasteiger partial charge on any atom is -0.376 e. The van der Waals surface area contributed by atoms with E-state index in [1.54, 1.807) is 0 Å². The van der Waals surface area contributed by atoms with E-state index in [1.165, 1.54) is 12.0 Å². The molecule has 0 amide bonds. The number of hydrogen-bond donors (Lipinski definition) is 0. The fourth-order valence-electron chi connectivity index (χ4n) is 3.00. The molecule has 0 N–H and O–H groups in total. The Morgan fingerprint density at radius 3 is 2.78 bits per heavy atom. The zero-order valence-corrected chi connectivity index (χ0v) is 14.3. The molecule has 0 spiro atoms. The van der Waals surface area contributed by atoms with Crippen molar-refractivity contribution >= 4 is 0 Å². The maximum Gasteiger partial charge on any atom is 0.157 e. The summed E-state index contributed by atoms with van der Waals surface area (Å²) in [5.41, 5.74) is 1.20. The maximum atomic E-state index is 6.21. The van der Waals surface area contributed by atoms with Crippen LogP contribution in [0.1, 0.15) is 44.6 Å². The van der Waals surface area contributed by atoms with Gasteiger partial charge in [0.15, 0.2) is 6.29 Å². The Balaban J connectivity index is 1.82. The van der Waals surface area contributed by atoms with Gasteiger partial charge in [0.05, 0.1) is 19.3 Å². The lowest BCUT2D eigenvalue weighted by Crippen LogP contribution is -2.34. The molecule has 1 fully saturated rings. The molecule has 1 heterocycles. The topological polar surface area (TPSA) is 27.7 Å². The van der Waals surface area contributed by atoms with Gasteiger partial charge in [0.25, 0.3) is 0 Å². The fourth-order valence-corrected chi connectivity index (χ4v) is 3.00. The van der Waals surface area contributed by atoms with E-state index in [2.05, 4.69) is 25.6 Å². The van der Waals surface area contributed by atoms with Gasteiger partial charge < -0.3 is 14.2 Å². The first-order valence-corrected chi connectivity index (χ1v) is 8.83. The van der Waals surface area contributed by atoms with E-state index in [9.17, 15) is 0 Å². The van der Waals surface area contributed by atoms with Crippen molar-refractivity contribution < 1.29 is 14.2 Å². The van der Waals surface area contributed by atoms with Crippen molar-refractivity contribution in [3.05, 3.63) is 48.6 Å². The Labute approximate surface area is 140 Å². The van der Waals surface area contributed by atoms with E-state index in [4.69, 9.17) is 14.2 Å². The molecule has 1 aromatic carbocycles. The first-order valence-electron chi connectivity index (χ1n) is 8.83. The normalized spacial score (nSPS) is 20.8. The Morgan fingerprint density at radius 2 is 2.13 bits per heavy atom. The van der Waals surface area contributed by atoms with Crippen LogP contribution in [0, 0.1) is 5.92 Å². The van der Waals surface area contributed by atoms with Crippen molar-refractivity contribution in [2.45, 2.75) is 58.0 Å². The monoisotopic (exact) mass is 318 g/mol. The van der Waals surface area contributed by atoms with E-state index in [1.807, 2.05) is 24.3 Å². The molecule has 1 aliphatic rings. The average Bonchev–Trinajstić information content (AvgIpc) is 2.61. The van der Waals surface area contributed by atoms with E-state index in [-0.39, 0.29) is 12.4 Å². The van der Waals surface area contributed by atoms with Crippen LogP contribution in [0.4, 0.5) is 0 Å². The highest BCUT2D eigenvalue weighted by atomic mass is 16.7. The third-order valence-electron chi connectivity index (χ3n) is 4.31. The Bertz CT molecular complexity index is 426. The van der Waals surface area contributed by atoms with Gasteiger partial charge in [0, 0.05) is 12.5 Å². The molecule has 0 saturated carbocycles. The van der Waals surface area contributed by atoms with Crippen LogP contribution in [-0.4, -0.2) is 25.6 Å². The summed E-state index contributed by atoms with van der Waals surface area (Å²) in [7, 11) is 0. The summed E-state index contributed by atoms with van der Waals surface area (Å²) < 4.78 is 17.9. The number of rotatable bonds is 10. The molecule has 1 aromatic rings. The van der Waals surface area contributed by atoms with Crippen LogP contribution in [0.2, 0.25) is 0 Å². The van der Waals surface area contributed by atoms with Gasteiger partial charge in [-0.25, -0.2) is 0 Å². The molecule has 0 bridgehead atoms.